The van der Waals surface area contributed by atoms with Crippen molar-refractivity contribution < 1.29 is 9.90 Å². The second kappa shape index (κ2) is 5.77. The number of carbonyl (C=O) groups is 1. The van der Waals surface area contributed by atoms with Crippen LogP contribution in [-0.2, 0) is 20.0 Å². The van der Waals surface area contributed by atoms with Crippen LogP contribution >= 0.6 is 0 Å². The molecule has 5 nitrogen and oxygen atoms in total. The molecule has 0 bridgehead atoms. The van der Waals surface area contributed by atoms with E-state index in [1.165, 1.54) is 0 Å². The summed E-state index contributed by atoms with van der Waals surface area (Å²) in [5, 5.41) is 16.7. The second-order valence-electron chi connectivity index (χ2n) is 4.82. The first-order valence-electron chi connectivity index (χ1n) is 6.60. The van der Waals surface area contributed by atoms with Gasteiger partial charge in [0.25, 0.3) is 0 Å². The van der Waals surface area contributed by atoms with Crippen molar-refractivity contribution in [3.05, 3.63) is 46.8 Å². The Morgan fingerprint density at radius 3 is 2.85 bits per heavy atom. The molecule has 0 atom stereocenters. The van der Waals surface area contributed by atoms with Gasteiger partial charge in [0.05, 0.1) is 11.3 Å². The van der Waals surface area contributed by atoms with Gasteiger partial charge in [-0.2, -0.15) is 5.10 Å². The van der Waals surface area contributed by atoms with E-state index in [1.54, 1.807) is 16.8 Å². The van der Waals surface area contributed by atoms with E-state index >= 15 is 0 Å². The van der Waals surface area contributed by atoms with Crippen molar-refractivity contribution in [3.8, 4) is 0 Å². The average molecular weight is 273 g/mol. The minimum Gasteiger partial charge on any atom is -0.478 e. The Labute approximate surface area is 118 Å². The Hall–Kier alpha value is -2.30. The first kappa shape index (κ1) is 14.1. The molecule has 0 saturated carbocycles. The zero-order valence-corrected chi connectivity index (χ0v) is 12.0. The van der Waals surface area contributed by atoms with Gasteiger partial charge in [-0.05, 0) is 31.0 Å². The number of aryl methyl sites for hydroxylation is 3. The lowest BCUT2D eigenvalue weighted by Gasteiger charge is -2.10. The summed E-state index contributed by atoms with van der Waals surface area (Å²) < 4.78 is 1.80. The standard InChI is InChI=1S/C15H19N3O2/c1-4-13-12(9-18(3)17-13)8-16-14-7-11(15(19)20)6-5-10(14)2/h5-7,9,16H,4,8H2,1-3H3,(H,19,20). The molecular formula is C15H19N3O2. The molecule has 0 unspecified atom stereocenters. The molecule has 2 aromatic rings. The highest BCUT2D eigenvalue weighted by Crippen LogP contribution is 2.19. The van der Waals surface area contributed by atoms with Crippen molar-refractivity contribution in [1.82, 2.24) is 9.78 Å². The molecule has 20 heavy (non-hydrogen) atoms. The van der Waals surface area contributed by atoms with Crippen LogP contribution in [0.1, 0.15) is 34.1 Å². The van der Waals surface area contributed by atoms with Crippen molar-refractivity contribution in [2.75, 3.05) is 5.32 Å². The van der Waals surface area contributed by atoms with E-state index in [1.807, 2.05) is 26.2 Å². The minimum atomic E-state index is -0.913. The third-order valence-corrected chi connectivity index (χ3v) is 3.28. The predicted molar refractivity (Wildman–Crippen MR) is 78.1 cm³/mol. The Morgan fingerprint density at radius 2 is 2.20 bits per heavy atom. The Kier molecular flexibility index (Phi) is 4.08. The van der Waals surface area contributed by atoms with Crippen molar-refractivity contribution in [1.29, 1.82) is 0 Å². The van der Waals surface area contributed by atoms with Crippen molar-refractivity contribution >= 4 is 11.7 Å². The molecule has 0 fully saturated rings. The molecule has 1 aromatic heterocycles. The molecule has 5 heteroatoms. The van der Waals surface area contributed by atoms with Crippen LogP contribution in [0.4, 0.5) is 5.69 Å². The van der Waals surface area contributed by atoms with Crippen molar-refractivity contribution in [3.63, 3.8) is 0 Å². The Balaban J connectivity index is 2.18. The largest absolute Gasteiger partial charge is 0.478 e. The first-order chi connectivity index (χ1) is 9.51. The molecule has 2 rings (SSSR count). The normalized spacial score (nSPS) is 10.6. The van der Waals surface area contributed by atoms with Gasteiger partial charge in [-0.3, -0.25) is 4.68 Å². The maximum atomic E-state index is 11.0. The van der Waals surface area contributed by atoms with Crippen LogP contribution in [0, 0.1) is 6.92 Å². The lowest BCUT2D eigenvalue weighted by molar-refractivity contribution is 0.0697. The van der Waals surface area contributed by atoms with Crippen LogP contribution in [-0.4, -0.2) is 20.9 Å². The van der Waals surface area contributed by atoms with Gasteiger partial charge in [0.1, 0.15) is 0 Å². The molecule has 2 N–H and O–H groups in total. The molecule has 1 heterocycles. The zero-order valence-electron chi connectivity index (χ0n) is 12.0. The van der Waals surface area contributed by atoms with E-state index in [0.29, 0.717) is 12.1 Å². The van der Waals surface area contributed by atoms with Gasteiger partial charge in [0, 0.05) is 31.0 Å². The summed E-state index contributed by atoms with van der Waals surface area (Å²) >= 11 is 0. The SMILES string of the molecule is CCc1nn(C)cc1CNc1cc(C(=O)O)ccc1C. The number of carboxylic acid groups (broad SMARTS) is 1. The molecule has 0 saturated heterocycles. The van der Waals surface area contributed by atoms with E-state index in [9.17, 15) is 4.79 Å². The maximum Gasteiger partial charge on any atom is 0.335 e. The van der Waals surface area contributed by atoms with Crippen LogP contribution in [0.2, 0.25) is 0 Å². The third kappa shape index (κ3) is 2.99. The van der Waals surface area contributed by atoms with E-state index < -0.39 is 5.97 Å². The predicted octanol–water partition coefficient (Wildman–Crippen LogP) is 2.60. The molecular weight excluding hydrogens is 254 g/mol. The number of nitrogens with zero attached hydrogens (tertiary/aromatic N) is 2. The number of nitrogens with one attached hydrogen (secondary N) is 1. The summed E-state index contributed by atoms with van der Waals surface area (Å²) in [5.74, 6) is -0.913. The van der Waals surface area contributed by atoms with Gasteiger partial charge >= 0.3 is 5.97 Å². The minimum absolute atomic E-state index is 0.292. The fraction of sp³-hybridized carbons (Fsp3) is 0.333. The number of hydrogen-bond donors (Lipinski definition) is 2. The van der Waals surface area contributed by atoms with Gasteiger partial charge in [-0.25, -0.2) is 4.79 Å². The van der Waals surface area contributed by atoms with Gasteiger partial charge in [0.2, 0.25) is 0 Å². The maximum absolute atomic E-state index is 11.0. The number of anilines is 1. The number of aromatic nitrogens is 2. The highest BCUT2D eigenvalue weighted by atomic mass is 16.4. The lowest BCUT2D eigenvalue weighted by atomic mass is 10.1. The highest BCUT2D eigenvalue weighted by Gasteiger charge is 2.08. The number of carboxylic acids is 1. The first-order valence-corrected chi connectivity index (χ1v) is 6.60. The molecule has 106 valence electrons. The fourth-order valence-electron chi connectivity index (χ4n) is 2.16. The quantitative estimate of drug-likeness (QED) is 0.878. The lowest BCUT2D eigenvalue weighted by Crippen LogP contribution is -2.04. The Bertz CT molecular complexity index is 632. The van der Waals surface area contributed by atoms with Crippen LogP contribution in [0.25, 0.3) is 0 Å². The monoisotopic (exact) mass is 273 g/mol. The Morgan fingerprint density at radius 1 is 1.45 bits per heavy atom. The van der Waals surface area contributed by atoms with E-state index in [2.05, 4.69) is 17.3 Å². The van der Waals surface area contributed by atoms with Gasteiger partial charge in [0.15, 0.2) is 0 Å². The van der Waals surface area contributed by atoms with Crippen LogP contribution in [0.5, 0.6) is 0 Å². The summed E-state index contributed by atoms with van der Waals surface area (Å²) in [6.07, 6.45) is 2.87. The number of rotatable bonds is 5. The number of aromatic carboxylic acids is 1. The molecule has 0 spiro atoms. The van der Waals surface area contributed by atoms with Gasteiger partial charge in [-0.1, -0.05) is 13.0 Å². The van der Waals surface area contributed by atoms with Crippen molar-refractivity contribution in [2.45, 2.75) is 26.8 Å². The fourth-order valence-corrected chi connectivity index (χ4v) is 2.16. The van der Waals surface area contributed by atoms with E-state index in [-0.39, 0.29) is 0 Å². The average Bonchev–Trinajstić information content (AvgIpc) is 2.77. The molecule has 1 aromatic carbocycles. The van der Waals surface area contributed by atoms with E-state index in [0.717, 1.165) is 28.9 Å². The summed E-state index contributed by atoms with van der Waals surface area (Å²) in [7, 11) is 1.90. The molecule has 0 aliphatic rings. The highest BCUT2D eigenvalue weighted by molar-refractivity contribution is 5.89. The summed E-state index contributed by atoms with van der Waals surface area (Å²) in [5.41, 5.74) is 4.36. The zero-order chi connectivity index (χ0) is 14.7. The summed E-state index contributed by atoms with van der Waals surface area (Å²) in [6.45, 7) is 4.67. The van der Waals surface area contributed by atoms with Crippen LogP contribution in [0.3, 0.4) is 0 Å². The number of benzene rings is 1. The number of hydrogen-bond acceptors (Lipinski definition) is 3. The van der Waals surface area contributed by atoms with Crippen LogP contribution < -0.4 is 5.32 Å². The smallest absolute Gasteiger partial charge is 0.335 e. The topological polar surface area (TPSA) is 67.2 Å². The van der Waals surface area contributed by atoms with Crippen molar-refractivity contribution in [2.24, 2.45) is 7.05 Å². The summed E-state index contributed by atoms with van der Waals surface area (Å²) in [4.78, 5) is 11.0. The summed E-state index contributed by atoms with van der Waals surface area (Å²) in [6, 6.07) is 5.10. The van der Waals surface area contributed by atoms with Crippen LogP contribution in [0.15, 0.2) is 24.4 Å². The molecule has 0 radical (unpaired) electrons. The van der Waals surface area contributed by atoms with Gasteiger partial charge in [-0.15, -0.1) is 0 Å². The molecule has 0 amide bonds. The molecule has 0 aliphatic carbocycles. The van der Waals surface area contributed by atoms with Gasteiger partial charge < -0.3 is 10.4 Å². The third-order valence-electron chi connectivity index (χ3n) is 3.28. The van der Waals surface area contributed by atoms with E-state index in [4.69, 9.17) is 5.11 Å². The second-order valence-corrected chi connectivity index (χ2v) is 4.82. The molecule has 0 aliphatic heterocycles.